The Balaban J connectivity index is 4.29. The molecule has 0 aromatic rings. The van der Waals surface area contributed by atoms with E-state index in [9.17, 15) is 14.4 Å². The van der Waals surface area contributed by atoms with Crippen LogP contribution >= 0.6 is 0 Å². The van der Waals surface area contributed by atoms with Crippen molar-refractivity contribution in [2.75, 3.05) is 13.2 Å². The van der Waals surface area contributed by atoms with Crippen LogP contribution in [-0.2, 0) is 28.6 Å². The zero-order valence-electron chi connectivity index (χ0n) is 44.9. The molecule has 1 unspecified atom stereocenters. The predicted molar refractivity (Wildman–Crippen MR) is 289 cm³/mol. The number of esters is 3. The maximum Gasteiger partial charge on any atom is 0.306 e. The summed E-state index contributed by atoms with van der Waals surface area (Å²) < 4.78 is 16.9. The molecule has 0 aliphatic rings. The Morgan fingerprint density at radius 3 is 0.896 bits per heavy atom. The lowest BCUT2D eigenvalue weighted by atomic mass is 10.0. The van der Waals surface area contributed by atoms with Crippen LogP contribution in [0.4, 0.5) is 0 Å². The summed E-state index contributed by atoms with van der Waals surface area (Å²) in [6.45, 7) is 6.60. The van der Waals surface area contributed by atoms with Crippen molar-refractivity contribution < 1.29 is 28.6 Å². The number of hydrogen-bond donors (Lipinski definition) is 0. The average Bonchev–Trinajstić information content (AvgIpc) is 3.33. The molecule has 0 bridgehead atoms. The fraction of sp³-hybridized carbons (Fsp3) is 0.852. The van der Waals surface area contributed by atoms with Gasteiger partial charge in [-0.3, -0.25) is 14.4 Å². The largest absolute Gasteiger partial charge is 0.462 e. The van der Waals surface area contributed by atoms with E-state index in [0.717, 1.165) is 89.9 Å². The van der Waals surface area contributed by atoms with E-state index in [0.29, 0.717) is 19.3 Å². The molecule has 67 heavy (non-hydrogen) atoms. The third-order valence-electron chi connectivity index (χ3n) is 13.1. The lowest BCUT2D eigenvalue weighted by molar-refractivity contribution is -0.167. The predicted octanol–water partition coefficient (Wildman–Crippen LogP) is 19.7. The molecule has 0 rings (SSSR count). The van der Waals surface area contributed by atoms with Gasteiger partial charge in [-0.15, -0.1) is 0 Å². The standard InChI is InChI=1S/C61H112O6/c1-4-7-10-13-16-19-22-25-27-28-29-30-31-32-34-36-39-42-45-48-51-54-60(63)66-57-58(56-65-59(62)53-50-47-44-41-38-35-24-21-18-15-12-9-6-3)67-61(64)55-52-49-46-43-40-37-33-26-23-20-17-14-11-8-5-2/h12,15,21,24,26,33,58H,4-11,13-14,16-20,22-23,25,27-32,34-57H2,1-3H3/b15-12-,24-21-,33-26-. The summed E-state index contributed by atoms with van der Waals surface area (Å²) in [5.74, 6) is -0.883. The number of unbranched alkanes of at least 4 members (excludes halogenated alkanes) is 37. The van der Waals surface area contributed by atoms with Gasteiger partial charge in [-0.25, -0.2) is 0 Å². The Kier molecular flexibility index (Phi) is 54.2. The van der Waals surface area contributed by atoms with Crippen molar-refractivity contribution in [3.8, 4) is 0 Å². The van der Waals surface area contributed by atoms with Gasteiger partial charge in [0.2, 0.25) is 0 Å². The summed E-state index contributed by atoms with van der Waals surface area (Å²) in [6.07, 6.45) is 67.1. The van der Waals surface area contributed by atoms with Gasteiger partial charge < -0.3 is 14.2 Å². The zero-order chi connectivity index (χ0) is 48.6. The zero-order valence-corrected chi connectivity index (χ0v) is 44.9. The van der Waals surface area contributed by atoms with Gasteiger partial charge in [-0.1, -0.05) is 263 Å². The van der Waals surface area contributed by atoms with Gasteiger partial charge in [0.15, 0.2) is 6.10 Å². The molecule has 0 saturated carbocycles. The third-order valence-corrected chi connectivity index (χ3v) is 13.1. The molecule has 0 fully saturated rings. The normalized spacial score (nSPS) is 12.2. The summed E-state index contributed by atoms with van der Waals surface area (Å²) in [4.78, 5) is 38.1. The molecule has 0 spiro atoms. The Bertz CT molecular complexity index is 1130. The second-order valence-electron chi connectivity index (χ2n) is 19.9. The second-order valence-corrected chi connectivity index (χ2v) is 19.9. The van der Waals surface area contributed by atoms with Crippen molar-refractivity contribution in [1.82, 2.24) is 0 Å². The maximum absolute atomic E-state index is 12.8. The highest BCUT2D eigenvalue weighted by molar-refractivity contribution is 5.71. The van der Waals surface area contributed by atoms with E-state index in [1.54, 1.807) is 0 Å². The first kappa shape index (κ1) is 64.6. The van der Waals surface area contributed by atoms with Gasteiger partial charge in [0.25, 0.3) is 0 Å². The molecule has 0 N–H and O–H groups in total. The van der Waals surface area contributed by atoms with E-state index >= 15 is 0 Å². The molecule has 0 aliphatic carbocycles. The summed E-state index contributed by atoms with van der Waals surface area (Å²) in [7, 11) is 0. The molecule has 0 aromatic carbocycles. The van der Waals surface area contributed by atoms with E-state index in [4.69, 9.17) is 14.2 Å². The van der Waals surface area contributed by atoms with Crippen molar-refractivity contribution in [1.29, 1.82) is 0 Å². The number of allylic oxidation sites excluding steroid dienone is 6. The van der Waals surface area contributed by atoms with Crippen LogP contribution in [0.2, 0.25) is 0 Å². The SMILES string of the molecule is CCC/C=C\C/C=C\CCCCCCCC(=O)OCC(COC(=O)CCCCCCCCCCCCCCCCCCCCCCC)OC(=O)CCCCCCC/C=C\CCCCCCCC. The number of carbonyl (C=O) groups is 3. The first-order chi connectivity index (χ1) is 33.0. The van der Waals surface area contributed by atoms with Crippen molar-refractivity contribution in [3.05, 3.63) is 36.5 Å². The first-order valence-corrected chi connectivity index (χ1v) is 29.5. The van der Waals surface area contributed by atoms with Crippen LogP contribution in [0.15, 0.2) is 36.5 Å². The Labute approximate surface area is 416 Å². The van der Waals surface area contributed by atoms with E-state index in [-0.39, 0.29) is 31.1 Å². The third kappa shape index (κ3) is 54.4. The lowest BCUT2D eigenvalue weighted by Gasteiger charge is -2.18. The van der Waals surface area contributed by atoms with Gasteiger partial charge in [0, 0.05) is 19.3 Å². The molecule has 0 heterocycles. The smallest absolute Gasteiger partial charge is 0.306 e. The van der Waals surface area contributed by atoms with Gasteiger partial charge in [0.1, 0.15) is 13.2 Å². The van der Waals surface area contributed by atoms with Crippen LogP contribution in [0.3, 0.4) is 0 Å². The minimum Gasteiger partial charge on any atom is -0.462 e. The van der Waals surface area contributed by atoms with Crippen molar-refractivity contribution in [2.45, 2.75) is 322 Å². The lowest BCUT2D eigenvalue weighted by Crippen LogP contribution is -2.30. The monoisotopic (exact) mass is 941 g/mol. The molecular weight excluding hydrogens is 829 g/mol. The highest BCUT2D eigenvalue weighted by Crippen LogP contribution is 2.17. The van der Waals surface area contributed by atoms with Gasteiger partial charge in [0.05, 0.1) is 0 Å². The van der Waals surface area contributed by atoms with E-state index < -0.39 is 6.10 Å². The minimum absolute atomic E-state index is 0.0764. The van der Waals surface area contributed by atoms with Crippen LogP contribution in [0.1, 0.15) is 316 Å². The highest BCUT2D eigenvalue weighted by atomic mass is 16.6. The molecule has 0 aliphatic heterocycles. The van der Waals surface area contributed by atoms with Crippen LogP contribution in [0.25, 0.3) is 0 Å². The van der Waals surface area contributed by atoms with Crippen molar-refractivity contribution >= 4 is 17.9 Å². The summed E-state index contributed by atoms with van der Waals surface area (Å²) in [6, 6.07) is 0. The van der Waals surface area contributed by atoms with Gasteiger partial charge in [-0.05, 0) is 70.6 Å². The van der Waals surface area contributed by atoms with E-state index in [2.05, 4.69) is 57.2 Å². The second kappa shape index (κ2) is 56.2. The number of carbonyl (C=O) groups excluding carboxylic acids is 3. The molecular formula is C61H112O6. The quantitative estimate of drug-likeness (QED) is 0.0262. The highest BCUT2D eigenvalue weighted by Gasteiger charge is 2.19. The number of hydrogen-bond acceptors (Lipinski definition) is 6. The maximum atomic E-state index is 12.8. The fourth-order valence-corrected chi connectivity index (χ4v) is 8.65. The fourth-order valence-electron chi connectivity index (χ4n) is 8.65. The number of rotatable bonds is 54. The van der Waals surface area contributed by atoms with E-state index in [1.165, 1.54) is 186 Å². The summed E-state index contributed by atoms with van der Waals surface area (Å²) >= 11 is 0. The first-order valence-electron chi connectivity index (χ1n) is 29.5. The van der Waals surface area contributed by atoms with Crippen LogP contribution in [0.5, 0.6) is 0 Å². The molecule has 0 aromatic heterocycles. The van der Waals surface area contributed by atoms with Crippen LogP contribution < -0.4 is 0 Å². The van der Waals surface area contributed by atoms with Gasteiger partial charge >= 0.3 is 17.9 Å². The molecule has 6 nitrogen and oxygen atoms in total. The summed E-state index contributed by atoms with van der Waals surface area (Å²) in [5.41, 5.74) is 0. The molecule has 0 amide bonds. The molecule has 392 valence electrons. The number of ether oxygens (including phenoxy) is 3. The minimum atomic E-state index is -0.779. The Morgan fingerprint density at radius 1 is 0.299 bits per heavy atom. The molecule has 1 atom stereocenters. The average molecular weight is 942 g/mol. The Hall–Kier alpha value is -2.37. The topological polar surface area (TPSA) is 78.9 Å². The van der Waals surface area contributed by atoms with Gasteiger partial charge in [-0.2, -0.15) is 0 Å². The van der Waals surface area contributed by atoms with Crippen molar-refractivity contribution in [3.63, 3.8) is 0 Å². The van der Waals surface area contributed by atoms with Crippen molar-refractivity contribution in [2.24, 2.45) is 0 Å². The summed E-state index contributed by atoms with van der Waals surface area (Å²) in [5, 5.41) is 0. The Morgan fingerprint density at radius 2 is 0.567 bits per heavy atom. The van der Waals surface area contributed by atoms with Crippen LogP contribution in [0, 0.1) is 0 Å². The molecule has 0 saturated heterocycles. The molecule has 6 heteroatoms. The molecule has 0 radical (unpaired) electrons. The van der Waals surface area contributed by atoms with Crippen LogP contribution in [-0.4, -0.2) is 37.2 Å². The van der Waals surface area contributed by atoms with E-state index in [1.807, 2.05) is 0 Å².